The molecule has 7 nitrogen and oxygen atoms in total. The number of aromatic nitrogens is 3. The third-order valence-corrected chi connectivity index (χ3v) is 7.65. The van der Waals surface area contributed by atoms with Crippen LogP contribution in [0.3, 0.4) is 0 Å². The van der Waals surface area contributed by atoms with E-state index in [9.17, 15) is 8.42 Å². The summed E-state index contributed by atoms with van der Waals surface area (Å²) in [6.45, 7) is 3.81. The van der Waals surface area contributed by atoms with E-state index in [1.54, 1.807) is 48.1 Å². The van der Waals surface area contributed by atoms with Crippen LogP contribution in [0.5, 0.6) is 5.75 Å². The number of sulfone groups is 1. The molecule has 2 heterocycles. The molecule has 0 spiro atoms. The summed E-state index contributed by atoms with van der Waals surface area (Å²) in [6.07, 6.45) is 0. The minimum atomic E-state index is -4.00. The second-order valence-corrected chi connectivity index (χ2v) is 9.74. The number of nitrogens with zero attached hydrogens (tertiary/aromatic N) is 3. The number of hydrogen-bond donors (Lipinski definition) is 1. The molecule has 0 aliphatic carbocycles. The van der Waals surface area contributed by atoms with Gasteiger partial charge in [0, 0.05) is 0 Å². The van der Waals surface area contributed by atoms with Crippen molar-refractivity contribution in [3.8, 4) is 11.4 Å². The number of methoxy groups -OCH3 is 1. The van der Waals surface area contributed by atoms with E-state index in [0.29, 0.717) is 28.1 Å². The largest absolute Gasteiger partial charge is 0.495 e. The summed E-state index contributed by atoms with van der Waals surface area (Å²) in [4.78, 5) is 9.53. The van der Waals surface area contributed by atoms with Crippen molar-refractivity contribution in [1.82, 2.24) is 14.5 Å². The van der Waals surface area contributed by atoms with Crippen LogP contribution in [0.2, 0.25) is 0 Å². The van der Waals surface area contributed by atoms with Crippen molar-refractivity contribution >= 4 is 37.9 Å². The van der Waals surface area contributed by atoms with Crippen LogP contribution in [0.25, 0.3) is 27.9 Å². The monoisotopic (exact) mass is 458 g/mol. The van der Waals surface area contributed by atoms with Gasteiger partial charge < -0.3 is 10.5 Å². The van der Waals surface area contributed by atoms with Gasteiger partial charge >= 0.3 is 0 Å². The fourth-order valence-electron chi connectivity index (χ4n) is 3.96. The Kier molecular flexibility index (Phi) is 4.83. The first-order valence-electron chi connectivity index (χ1n) is 10.4. The highest BCUT2D eigenvalue weighted by Crippen LogP contribution is 2.39. The van der Waals surface area contributed by atoms with E-state index < -0.39 is 9.84 Å². The fraction of sp³-hybridized carbons (Fsp3) is 0.120. The Morgan fingerprint density at radius 2 is 1.55 bits per heavy atom. The lowest BCUT2D eigenvalue weighted by Crippen LogP contribution is -2.08. The van der Waals surface area contributed by atoms with Gasteiger partial charge in [-0.2, -0.15) is 0 Å². The molecule has 0 radical (unpaired) electrons. The Morgan fingerprint density at radius 3 is 2.24 bits per heavy atom. The van der Waals surface area contributed by atoms with Crippen molar-refractivity contribution in [1.29, 1.82) is 0 Å². The van der Waals surface area contributed by atoms with Crippen molar-refractivity contribution in [3.63, 3.8) is 0 Å². The van der Waals surface area contributed by atoms with E-state index in [1.165, 1.54) is 0 Å². The summed E-state index contributed by atoms with van der Waals surface area (Å²) in [5, 5.41) is 0. The molecule has 0 saturated carbocycles. The first kappa shape index (κ1) is 21.0. The van der Waals surface area contributed by atoms with Crippen LogP contribution in [0.15, 0.2) is 76.5 Å². The molecular weight excluding hydrogens is 436 g/mol. The summed E-state index contributed by atoms with van der Waals surface area (Å²) in [7, 11) is -2.45. The Morgan fingerprint density at radius 1 is 0.879 bits per heavy atom. The Hall–Kier alpha value is -3.91. The number of nitrogen functional groups attached to an aromatic ring is 1. The van der Waals surface area contributed by atoms with Crippen LogP contribution < -0.4 is 10.5 Å². The molecular formula is C25H22N4O3S. The van der Waals surface area contributed by atoms with Gasteiger partial charge in [-0.25, -0.2) is 18.4 Å². The first-order valence-corrected chi connectivity index (χ1v) is 11.8. The maximum Gasteiger partial charge on any atom is 0.212 e. The highest BCUT2D eigenvalue weighted by molar-refractivity contribution is 7.92. The molecule has 3 aromatic carbocycles. The Bertz CT molecular complexity index is 1660. The van der Waals surface area contributed by atoms with E-state index in [-0.39, 0.29) is 21.1 Å². The summed E-state index contributed by atoms with van der Waals surface area (Å²) in [6, 6.07) is 19.6. The normalized spacial score (nSPS) is 11.8. The van der Waals surface area contributed by atoms with Gasteiger partial charge in [-0.15, -0.1) is 0 Å². The number of rotatable bonds is 4. The second kappa shape index (κ2) is 7.60. The lowest BCUT2D eigenvalue weighted by atomic mass is 10.1. The van der Waals surface area contributed by atoms with Crippen molar-refractivity contribution in [2.75, 3.05) is 12.8 Å². The number of hydrogen-bond acceptors (Lipinski definition) is 6. The van der Waals surface area contributed by atoms with Crippen molar-refractivity contribution in [2.45, 2.75) is 23.6 Å². The van der Waals surface area contributed by atoms with Gasteiger partial charge in [-0.1, -0.05) is 30.3 Å². The highest BCUT2D eigenvalue weighted by atomic mass is 32.2. The summed E-state index contributed by atoms with van der Waals surface area (Å²) >= 11 is 0. The molecule has 0 aliphatic rings. The van der Waals surface area contributed by atoms with E-state index in [2.05, 4.69) is 4.98 Å². The van der Waals surface area contributed by atoms with Crippen LogP contribution in [-0.4, -0.2) is 30.1 Å². The molecule has 8 heteroatoms. The van der Waals surface area contributed by atoms with Gasteiger partial charge in [0.2, 0.25) is 9.84 Å². The van der Waals surface area contributed by atoms with Gasteiger partial charge in [0.1, 0.15) is 22.0 Å². The van der Waals surface area contributed by atoms with Gasteiger partial charge in [-0.3, -0.25) is 4.57 Å². The molecule has 0 amide bonds. The molecule has 0 saturated heterocycles. The molecule has 0 unspecified atom stereocenters. The minimum absolute atomic E-state index is 0.0306. The SMILES string of the molecule is COc1ccccc1-n1c(N)c(S(=O)(=O)c2ccc(C)c(C)c2)c2nc3ccccc3nc21. The molecule has 0 bridgehead atoms. The Balaban J connectivity index is 1.92. The molecule has 0 fully saturated rings. The van der Waals surface area contributed by atoms with Crippen molar-refractivity contribution in [2.24, 2.45) is 0 Å². The third-order valence-electron chi connectivity index (χ3n) is 5.84. The predicted molar refractivity (Wildman–Crippen MR) is 129 cm³/mol. The van der Waals surface area contributed by atoms with E-state index in [1.807, 2.05) is 44.2 Å². The van der Waals surface area contributed by atoms with Crippen LogP contribution in [0.1, 0.15) is 11.1 Å². The van der Waals surface area contributed by atoms with Gasteiger partial charge in [0.05, 0.1) is 28.7 Å². The fourth-order valence-corrected chi connectivity index (χ4v) is 5.53. The molecule has 5 rings (SSSR count). The second-order valence-electron chi connectivity index (χ2n) is 7.86. The first-order chi connectivity index (χ1) is 15.8. The van der Waals surface area contributed by atoms with Crippen LogP contribution >= 0.6 is 0 Å². The van der Waals surface area contributed by atoms with E-state index >= 15 is 0 Å². The number of ether oxygens (including phenoxy) is 1. The number of nitrogens with two attached hydrogens (primary N) is 1. The average molecular weight is 459 g/mol. The molecule has 0 atom stereocenters. The number of benzene rings is 3. The topological polar surface area (TPSA) is 100 Å². The van der Waals surface area contributed by atoms with Gasteiger partial charge in [0.15, 0.2) is 5.65 Å². The molecule has 33 heavy (non-hydrogen) atoms. The van der Waals surface area contributed by atoms with Crippen LogP contribution in [-0.2, 0) is 9.84 Å². The summed E-state index contributed by atoms with van der Waals surface area (Å²) in [5.74, 6) is 0.564. The smallest absolute Gasteiger partial charge is 0.212 e. The maximum absolute atomic E-state index is 13.9. The number of aryl methyl sites for hydroxylation is 2. The lowest BCUT2D eigenvalue weighted by molar-refractivity contribution is 0.413. The summed E-state index contributed by atoms with van der Waals surface area (Å²) in [5.41, 5.74) is 10.8. The van der Waals surface area contributed by atoms with Crippen molar-refractivity contribution in [3.05, 3.63) is 77.9 Å². The molecule has 0 aliphatic heterocycles. The lowest BCUT2D eigenvalue weighted by Gasteiger charge is -2.12. The van der Waals surface area contributed by atoms with E-state index in [4.69, 9.17) is 15.5 Å². The van der Waals surface area contributed by atoms with Crippen molar-refractivity contribution < 1.29 is 13.2 Å². The molecule has 5 aromatic rings. The Labute approximate surface area is 191 Å². The number of para-hydroxylation sites is 4. The van der Waals surface area contributed by atoms with Gasteiger partial charge in [-0.05, 0) is 61.4 Å². The summed E-state index contributed by atoms with van der Waals surface area (Å²) < 4.78 is 34.9. The van der Waals surface area contributed by atoms with Crippen LogP contribution in [0.4, 0.5) is 5.82 Å². The number of fused-ring (bicyclic) bond motifs is 2. The molecule has 2 N–H and O–H groups in total. The quantitative estimate of drug-likeness (QED) is 0.422. The zero-order valence-corrected chi connectivity index (χ0v) is 19.2. The molecule has 166 valence electrons. The molecule has 2 aromatic heterocycles. The third kappa shape index (κ3) is 3.22. The van der Waals surface area contributed by atoms with Crippen LogP contribution in [0, 0.1) is 13.8 Å². The average Bonchev–Trinajstić information content (AvgIpc) is 3.10. The highest BCUT2D eigenvalue weighted by Gasteiger charge is 2.31. The number of anilines is 1. The zero-order chi connectivity index (χ0) is 23.3. The predicted octanol–water partition coefficient (Wildman–Crippen LogP) is 4.61. The maximum atomic E-state index is 13.9. The zero-order valence-electron chi connectivity index (χ0n) is 18.4. The van der Waals surface area contributed by atoms with E-state index in [0.717, 1.165) is 11.1 Å². The standard InChI is InChI=1S/C25H22N4O3S/c1-15-12-13-17(14-16(15)2)33(30,31)23-22-25(28-19-9-5-4-8-18(19)27-22)29(24(23)26)20-10-6-7-11-21(20)32-3/h4-14H,26H2,1-3H3. The van der Waals surface area contributed by atoms with Gasteiger partial charge in [0.25, 0.3) is 0 Å². The minimum Gasteiger partial charge on any atom is -0.495 e.